The van der Waals surface area contributed by atoms with Crippen LogP contribution in [-0.2, 0) is 9.59 Å². The van der Waals surface area contributed by atoms with Crippen molar-refractivity contribution >= 4 is 17.6 Å². The van der Waals surface area contributed by atoms with Gasteiger partial charge in [0, 0.05) is 5.69 Å². The molecule has 0 radical (unpaired) electrons. The van der Waals surface area contributed by atoms with Crippen LogP contribution in [0.1, 0.15) is 24.0 Å². The van der Waals surface area contributed by atoms with E-state index in [1.54, 1.807) is 4.90 Å². The highest BCUT2D eigenvalue weighted by Gasteiger charge is 2.31. The van der Waals surface area contributed by atoms with E-state index < -0.39 is 12.0 Å². The van der Waals surface area contributed by atoms with Gasteiger partial charge in [-0.2, -0.15) is 0 Å². The molecule has 1 aromatic rings. The van der Waals surface area contributed by atoms with Gasteiger partial charge in [-0.25, -0.2) is 0 Å². The van der Waals surface area contributed by atoms with Crippen LogP contribution in [0.25, 0.3) is 0 Å². The number of likely N-dealkylation sites (tertiary alicyclic amines) is 1. The molecule has 0 saturated carbocycles. The summed E-state index contributed by atoms with van der Waals surface area (Å²) in [4.78, 5) is 24.8. The van der Waals surface area contributed by atoms with Crippen molar-refractivity contribution in [2.24, 2.45) is 0 Å². The highest BCUT2D eigenvalue weighted by atomic mass is 16.4. The molecular formula is C15H20N2O3. The first-order chi connectivity index (χ1) is 9.47. The molecule has 2 N–H and O–H groups in total. The largest absolute Gasteiger partial charge is 0.480 e. The highest BCUT2D eigenvalue weighted by molar-refractivity contribution is 5.92. The van der Waals surface area contributed by atoms with Crippen LogP contribution in [0, 0.1) is 13.8 Å². The summed E-state index contributed by atoms with van der Waals surface area (Å²) in [6, 6.07) is 5.21. The van der Waals surface area contributed by atoms with Crippen molar-refractivity contribution in [1.82, 2.24) is 4.90 Å². The summed E-state index contributed by atoms with van der Waals surface area (Å²) in [5.74, 6) is -1.01. The van der Waals surface area contributed by atoms with Crippen LogP contribution in [0.4, 0.5) is 5.69 Å². The minimum Gasteiger partial charge on any atom is -0.480 e. The first kappa shape index (κ1) is 14.5. The number of aryl methyl sites for hydroxylation is 2. The number of carbonyl (C=O) groups is 2. The first-order valence-electron chi connectivity index (χ1n) is 6.81. The molecule has 0 bridgehead atoms. The number of nitrogens with zero attached hydrogens (tertiary/aromatic N) is 1. The number of carboxylic acids is 1. The number of nitrogens with one attached hydrogen (secondary N) is 1. The van der Waals surface area contributed by atoms with E-state index in [9.17, 15) is 9.59 Å². The average Bonchev–Trinajstić information content (AvgIpc) is 2.82. The first-order valence-corrected chi connectivity index (χ1v) is 6.81. The predicted molar refractivity (Wildman–Crippen MR) is 76.8 cm³/mol. The van der Waals surface area contributed by atoms with Gasteiger partial charge in [0.05, 0.1) is 6.54 Å². The van der Waals surface area contributed by atoms with E-state index in [1.165, 1.54) is 5.56 Å². The zero-order valence-corrected chi connectivity index (χ0v) is 11.8. The van der Waals surface area contributed by atoms with Crippen LogP contribution in [0.5, 0.6) is 0 Å². The van der Waals surface area contributed by atoms with Gasteiger partial charge >= 0.3 is 5.97 Å². The van der Waals surface area contributed by atoms with E-state index in [-0.39, 0.29) is 12.5 Å². The van der Waals surface area contributed by atoms with Crippen molar-refractivity contribution in [2.45, 2.75) is 32.7 Å². The molecule has 5 nitrogen and oxygen atoms in total. The smallest absolute Gasteiger partial charge is 0.320 e. The second-order valence-electron chi connectivity index (χ2n) is 5.31. The molecule has 1 aromatic carbocycles. The number of aliphatic carboxylic acids is 1. The Labute approximate surface area is 118 Å². The third kappa shape index (κ3) is 3.36. The molecule has 1 heterocycles. The molecule has 0 unspecified atom stereocenters. The fourth-order valence-electron chi connectivity index (χ4n) is 2.50. The molecule has 108 valence electrons. The van der Waals surface area contributed by atoms with Crippen LogP contribution in [-0.4, -0.2) is 41.0 Å². The quantitative estimate of drug-likeness (QED) is 0.879. The summed E-state index contributed by atoms with van der Waals surface area (Å²) in [6.07, 6.45) is 1.44. The number of hydrogen-bond acceptors (Lipinski definition) is 3. The van der Waals surface area contributed by atoms with Crippen molar-refractivity contribution < 1.29 is 14.7 Å². The van der Waals surface area contributed by atoms with Crippen molar-refractivity contribution in [3.8, 4) is 0 Å². The molecule has 1 aliphatic rings. The summed E-state index contributed by atoms with van der Waals surface area (Å²) < 4.78 is 0. The van der Waals surface area contributed by atoms with Crippen LogP contribution in [0.3, 0.4) is 0 Å². The van der Waals surface area contributed by atoms with E-state index in [2.05, 4.69) is 5.32 Å². The molecule has 0 spiro atoms. The Morgan fingerprint density at radius 3 is 2.75 bits per heavy atom. The van der Waals surface area contributed by atoms with Gasteiger partial charge in [0.1, 0.15) is 6.04 Å². The van der Waals surface area contributed by atoms with Gasteiger partial charge < -0.3 is 10.4 Å². The number of rotatable bonds is 4. The summed E-state index contributed by atoms with van der Waals surface area (Å²) in [7, 11) is 0. The lowest BCUT2D eigenvalue weighted by atomic mass is 10.1. The molecule has 0 aliphatic carbocycles. The van der Waals surface area contributed by atoms with Gasteiger partial charge in [0.2, 0.25) is 5.91 Å². The number of carbonyl (C=O) groups excluding carboxylic acids is 1. The van der Waals surface area contributed by atoms with E-state index in [1.807, 2.05) is 32.0 Å². The third-order valence-corrected chi connectivity index (χ3v) is 3.79. The van der Waals surface area contributed by atoms with Gasteiger partial charge in [-0.15, -0.1) is 0 Å². The van der Waals surface area contributed by atoms with E-state index >= 15 is 0 Å². The molecule has 20 heavy (non-hydrogen) atoms. The summed E-state index contributed by atoms with van der Waals surface area (Å²) >= 11 is 0. The van der Waals surface area contributed by atoms with Crippen LogP contribution >= 0.6 is 0 Å². The average molecular weight is 276 g/mol. The Balaban J connectivity index is 1.95. The van der Waals surface area contributed by atoms with Gasteiger partial charge in [0.25, 0.3) is 0 Å². The van der Waals surface area contributed by atoms with Crippen molar-refractivity contribution in [1.29, 1.82) is 0 Å². The van der Waals surface area contributed by atoms with Gasteiger partial charge in [0.15, 0.2) is 0 Å². The molecule has 0 aromatic heterocycles. The number of benzene rings is 1. The number of carboxylic acid groups (broad SMARTS) is 1. The third-order valence-electron chi connectivity index (χ3n) is 3.79. The number of hydrogen-bond donors (Lipinski definition) is 2. The number of anilines is 1. The molecule has 5 heteroatoms. The Hall–Kier alpha value is -1.88. The summed E-state index contributed by atoms with van der Waals surface area (Å²) in [6.45, 7) is 4.80. The molecule has 1 amide bonds. The minimum absolute atomic E-state index is 0.129. The van der Waals surface area contributed by atoms with Crippen molar-refractivity contribution in [2.75, 3.05) is 18.4 Å². The molecule has 1 fully saturated rings. The Kier molecular flexibility index (Phi) is 4.39. The second kappa shape index (κ2) is 6.05. The lowest BCUT2D eigenvalue weighted by Gasteiger charge is -2.20. The monoisotopic (exact) mass is 276 g/mol. The van der Waals surface area contributed by atoms with Crippen molar-refractivity contribution in [3.63, 3.8) is 0 Å². The maximum Gasteiger partial charge on any atom is 0.320 e. The number of amides is 1. The normalized spacial score (nSPS) is 19.0. The maximum atomic E-state index is 12.0. The molecular weight excluding hydrogens is 256 g/mol. The van der Waals surface area contributed by atoms with Crippen LogP contribution in [0.15, 0.2) is 18.2 Å². The summed E-state index contributed by atoms with van der Waals surface area (Å²) in [5, 5.41) is 11.9. The fourth-order valence-corrected chi connectivity index (χ4v) is 2.50. The van der Waals surface area contributed by atoms with Crippen LogP contribution in [0.2, 0.25) is 0 Å². The zero-order valence-electron chi connectivity index (χ0n) is 11.8. The van der Waals surface area contributed by atoms with E-state index in [4.69, 9.17) is 5.11 Å². The topological polar surface area (TPSA) is 69.6 Å². The highest BCUT2D eigenvalue weighted by Crippen LogP contribution is 2.18. The fraction of sp³-hybridized carbons (Fsp3) is 0.467. The molecule has 1 saturated heterocycles. The van der Waals surface area contributed by atoms with E-state index in [0.29, 0.717) is 13.0 Å². The lowest BCUT2D eigenvalue weighted by molar-refractivity contribution is -0.142. The van der Waals surface area contributed by atoms with Gasteiger partial charge in [-0.3, -0.25) is 14.5 Å². The van der Waals surface area contributed by atoms with Gasteiger partial charge in [-0.05, 0) is 56.5 Å². The zero-order chi connectivity index (χ0) is 14.7. The predicted octanol–water partition coefficient (Wildman–Crippen LogP) is 1.79. The maximum absolute atomic E-state index is 12.0. The van der Waals surface area contributed by atoms with E-state index in [0.717, 1.165) is 17.7 Å². The summed E-state index contributed by atoms with van der Waals surface area (Å²) in [5.41, 5.74) is 3.05. The van der Waals surface area contributed by atoms with Crippen LogP contribution < -0.4 is 5.32 Å². The SMILES string of the molecule is Cc1ccc(NC(=O)CN2CCC[C@H]2C(=O)O)cc1C. The molecule has 1 aliphatic heterocycles. The van der Waals surface area contributed by atoms with Crippen molar-refractivity contribution in [3.05, 3.63) is 29.3 Å². The minimum atomic E-state index is -0.846. The molecule has 2 rings (SSSR count). The Morgan fingerprint density at radius 1 is 1.35 bits per heavy atom. The standard InChI is InChI=1S/C15H20N2O3/c1-10-5-6-12(8-11(10)2)16-14(18)9-17-7-3-4-13(17)15(19)20/h5-6,8,13H,3-4,7,9H2,1-2H3,(H,16,18)(H,19,20)/t13-/m0/s1. The lowest BCUT2D eigenvalue weighted by Crippen LogP contribution is -2.40. The Bertz CT molecular complexity index is 528. The Morgan fingerprint density at radius 2 is 2.10 bits per heavy atom. The molecule has 1 atom stereocenters. The van der Waals surface area contributed by atoms with Gasteiger partial charge in [-0.1, -0.05) is 6.07 Å². The second-order valence-corrected chi connectivity index (χ2v) is 5.31.